The van der Waals surface area contributed by atoms with Crippen LogP contribution >= 0.6 is 11.8 Å². The third-order valence-electron chi connectivity index (χ3n) is 4.90. The molecule has 0 aromatic heterocycles. The summed E-state index contributed by atoms with van der Waals surface area (Å²) in [5, 5.41) is 5.51. The third-order valence-corrected chi connectivity index (χ3v) is 6.15. The minimum atomic E-state index is -0.455. The number of anilines is 2. The van der Waals surface area contributed by atoms with Crippen LogP contribution in [0, 0.1) is 0 Å². The van der Waals surface area contributed by atoms with Crippen molar-refractivity contribution in [3.63, 3.8) is 0 Å². The second-order valence-corrected chi connectivity index (χ2v) is 8.71. The van der Waals surface area contributed by atoms with Gasteiger partial charge in [0.1, 0.15) is 11.0 Å². The Morgan fingerprint density at radius 1 is 0.879 bits per heavy atom. The average Bonchev–Trinajstić information content (AvgIpc) is 2.83. The maximum atomic E-state index is 13.3. The Kier molecular flexibility index (Phi) is 9.39. The fourth-order valence-electron chi connectivity index (χ4n) is 3.25. The molecule has 0 spiro atoms. The zero-order valence-electron chi connectivity index (χ0n) is 19.0. The van der Waals surface area contributed by atoms with Crippen molar-refractivity contribution in [3.05, 3.63) is 84.4 Å². The van der Waals surface area contributed by atoms with E-state index in [9.17, 15) is 9.59 Å². The Morgan fingerprint density at radius 3 is 2.33 bits per heavy atom. The SMILES string of the molecule is CCCCC(=O)Nc1cccc(SC(C(=O)Nc2ccc(OCC)cc2)c2ccccc2)c1. The summed E-state index contributed by atoms with van der Waals surface area (Å²) in [4.78, 5) is 26.3. The number of ether oxygens (including phenoxy) is 1. The number of unbranched alkanes of at least 4 members (excludes halogenated alkanes) is 1. The van der Waals surface area contributed by atoms with Crippen LogP contribution in [0.5, 0.6) is 5.75 Å². The van der Waals surface area contributed by atoms with Crippen LogP contribution in [0.15, 0.2) is 83.8 Å². The molecule has 0 bridgehead atoms. The predicted octanol–water partition coefficient (Wildman–Crippen LogP) is 6.69. The number of rotatable bonds is 11. The highest BCUT2D eigenvalue weighted by molar-refractivity contribution is 8.00. The molecule has 3 aromatic rings. The van der Waals surface area contributed by atoms with Crippen molar-refractivity contribution in [2.24, 2.45) is 0 Å². The van der Waals surface area contributed by atoms with Crippen molar-refractivity contribution in [3.8, 4) is 5.75 Å². The van der Waals surface area contributed by atoms with Crippen LogP contribution in [-0.4, -0.2) is 18.4 Å². The van der Waals surface area contributed by atoms with Crippen LogP contribution in [0.2, 0.25) is 0 Å². The fraction of sp³-hybridized carbons (Fsp3) is 0.259. The van der Waals surface area contributed by atoms with Crippen molar-refractivity contribution in [1.29, 1.82) is 0 Å². The molecule has 0 aliphatic carbocycles. The first-order chi connectivity index (χ1) is 16.1. The van der Waals surface area contributed by atoms with E-state index in [0.29, 0.717) is 18.7 Å². The number of nitrogens with one attached hydrogen (secondary N) is 2. The number of amides is 2. The van der Waals surface area contributed by atoms with Gasteiger partial charge in [-0.15, -0.1) is 11.8 Å². The first kappa shape index (κ1) is 24.4. The van der Waals surface area contributed by atoms with Gasteiger partial charge in [0.25, 0.3) is 0 Å². The van der Waals surface area contributed by atoms with Gasteiger partial charge in [-0.25, -0.2) is 0 Å². The van der Waals surface area contributed by atoms with Crippen molar-refractivity contribution in [2.45, 2.75) is 43.3 Å². The lowest BCUT2D eigenvalue weighted by Gasteiger charge is -2.18. The lowest BCUT2D eigenvalue weighted by molar-refractivity contribution is -0.116. The summed E-state index contributed by atoms with van der Waals surface area (Å²) in [5.41, 5.74) is 2.35. The molecule has 3 rings (SSSR count). The highest BCUT2D eigenvalue weighted by Gasteiger charge is 2.22. The molecular weight excluding hydrogens is 432 g/mol. The minimum Gasteiger partial charge on any atom is -0.494 e. The summed E-state index contributed by atoms with van der Waals surface area (Å²) >= 11 is 1.45. The molecule has 1 unspecified atom stereocenters. The number of benzene rings is 3. The van der Waals surface area contributed by atoms with Gasteiger partial charge in [-0.3, -0.25) is 9.59 Å². The van der Waals surface area contributed by atoms with Gasteiger partial charge < -0.3 is 15.4 Å². The van der Waals surface area contributed by atoms with E-state index >= 15 is 0 Å². The highest BCUT2D eigenvalue weighted by Crippen LogP contribution is 2.37. The van der Waals surface area contributed by atoms with Crippen LogP contribution in [-0.2, 0) is 9.59 Å². The Balaban J connectivity index is 1.75. The van der Waals surface area contributed by atoms with Gasteiger partial charge in [-0.1, -0.05) is 49.7 Å². The number of hydrogen-bond donors (Lipinski definition) is 2. The first-order valence-electron chi connectivity index (χ1n) is 11.2. The first-order valence-corrected chi connectivity index (χ1v) is 12.1. The summed E-state index contributed by atoms with van der Waals surface area (Å²) in [6.07, 6.45) is 2.35. The topological polar surface area (TPSA) is 67.4 Å². The molecule has 3 aromatic carbocycles. The summed E-state index contributed by atoms with van der Waals surface area (Å²) in [6, 6.07) is 24.7. The second kappa shape index (κ2) is 12.7. The van der Waals surface area contributed by atoms with Gasteiger partial charge >= 0.3 is 0 Å². The van der Waals surface area contributed by atoms with Gasteiger partial charge in [-0.2, -0.15) is 0 Å². The van der Waals surface area contributed by atoms with E-state index < -0.39 is 5.25 Å². The van der Waals surface area contributed by atoms with Crippen LogP contribution < -0.4 is 15.4 Å². The Morgan fingerprint density at radius 2 is 1.64 bits per heavy atom. The van der Waals surface area contributed by atoms with Gasteiger partial charge in [0.2, 0.25) is 11.8 Å². The van der Waals surface area contributed by atoms with E-state index in [-0.39, 0.29) is 11.8 Å². The largest absolute Gasteiger partial charge is 0.494 e. The Hall–Kier alpha value is -3.25. The zero-order chi connectivity index (χ0) is 23.5. The van der Waals surface area contributed by atoms with E-state index in [1.54, 1.807) is 0 Å². The van der Waals surface area contributed by atoms with Gasteiger partial charge in [0, 0.05) is 22.7 Å². The number of hydrogen-bond acceptors (Lipinski definition) is 4. The lowest BCUT2D eigenvalue weighted by atomic mass is 10.1. The molecule has 0 fully saturated rings. The van der Waals surface area contributed by atoms with Crippen LogP contribution in [0.4, 0.5) is 11.4 Å². The second-order valence-electron chi connectivity index (χ2n) is 7.53. The molecule has 0 aliphatic heterocycles. The molecule has 5 nitrogen and oxygen atoms in total. The molecule has 0 saturated heterocycles. The molecule has 2 N–H and O–H groups in total. The van der Waals surface area contributed by atoms with E-state index in [0.717, 1.165) is 34.7 Å². The molecular formula is C27H30N2O3S. The summed E-state index contributed by atoms with van der Waals surface area (Å²) in [5.74, 6) is 0.655. The van der Waals surface area contributed by atoms with Gasteiger partial charge in [0.15, 0.2) is 0 Å². The number of thioether (sulfide) groups is 1. The van der Waals surface area contributed by atoms with Gasteiger partial charge in [0.05, 0.1) is 6.61 Å². The maximum absolute atomic E-state index is 13.3. The van der Waals surface area contributed by atoms with Crippen LogP contribution in [0.3, 0.4) is 0 Å². The predicted molar refractivity (Wildman–Crippen MR) is 136 cm³/mol. The quantitative estimate of drug-likeness (QED) is 0.312. The average molecular weight is 463 g/mol. The molecule has 33 heavy (non-hydrogen) atoms. The van der Waals surface area contributed by atoms with Crippen LogP contribution in [0.25, 0.3) is 0 Å². The normalized spacial score (nSPS) is 11.5. The van der Waals surface area contributed by atoms with Crippen molar-refractivity contribution in [1.82, 2.24) is 0 Å². The number of carbonyl (C=O) groups is 2. The molecule has 0 aliphatic rings. The Bertz CT molecular complexity index is 1040. The molecule has 0 saturated carbocycles. The molecule has 0 heterocycles. The van der Waals surface area contributed by atoms with E-state index in [4.69, 9.17) is 4.74 Å². The summed E-state index contributed by atoms with van der Waals surface area (Å²) < 4.78 is 5.48. The fourth-order valence-corrected chi connectivity index (χ4v) is 4.34. The number of carbonyl (C=O) groups excluding carboxylic acids is 2. The van der Waals surface area contributed by atoms with Crippen LogP contribution in [0.1, 0.15) is 43.9 Å². The van der Waals surface area contributed by atoms with Crippen molar-refractivity contribution in [2.75, 3.05) is 17.2 Å². The van der Waals surface area contributed by atoms with Crippen molar-refractivity contribution < 1.29 is 14.3 Å². The maximum Gasteiger partial charge on any atom is 0.242 e. The lowest BCUT2D eigenvalue weighted by Crippen LogP contribution is -2.19. The standard InChI is InChI=1S/C27H30N2O3S/c1-3-5-14-25(30)28-22-12-9-13-24(19-22)33-26(20-10-7-6-8-11-20)27(31)29-21-15-17-23(18-16-21)32-4-2/h6-13,15-19,26H,3-5,14H2,1-2H3,(H,28,30)(H,29,31). The monoisotopic (exact) mass is 462 g/mol. The van der Waals surface area contributed by atoms with E-state index in [1.165, 1.54) is 11.8 Å². The summed E-state index contributed by atoms with van der Waals surface area (Å²) in [6.45, 7) is 4.59. The summed E-state index contributed by atoms with van der Waals surface area (Å²) in [7, 11) is 0. The minimum absolute atomic E-state index is 0.00634. The molecule has 1 atom stereocenters. The Labute approximate surface area is 199 Å². The third kappa shape index (κ3) is 7.68. The van der Waals surface area contributed by atoms with E-state index in [2.05, 4.69) is 17.6 Å². The molecule has 6 heteroatoms. The van der Waals surface area contributed by atoms with Gasteiger partial charge in [-0.05, 0) is 61.4 Å². The zero-order valence-corrected chi connectivity index (χ0v) is 19.9. The van der Waals surface area contributed by atoms with Crippen molar-refractivity contribution >= 4 is 35.0 Å². The van der Waals surface area contributed by atoms with E-state index in [1.807, 2.05) is 85.8 Å². The smallest absolute Gasteiger partial charge is 0.242 e. The molecule has 172 valence electrons. The molecule has 2 amide bonds. The molecule has 0 radical (unpaired) electrons. The highest BCUT2D eigenvalue weighted by atomic mass is 32.2.